The highest BCUT2D eigenvalue weighted by Gasteiger charge is 2.34. The van der Waals surface area contributed by atoms with Gasteiger partial charge in [0.2, 0.25) is 0 Å². The Bertz CT molecular complexity index is 300. The maximum Gasteiger partial charge on any atom is 0.310 e. The largest absolute Gasteiger partial charge is 0.481 e. The van der Waals surface area contributed by atoms with Crippen molar-refractivity contribution in [1.29, 1.82) is 0 Å². The average molecular weight is 254 g/mol. The number of piperidine rings is 1. The molecule has 0 spiro atoms. The maximum absolute atomic E-state index is 11.2. The van der Waals surface area contributed by atoms with Crippen LogP contribution in [0.25, 0.3) is 0 Å². The van der Waals surface area contributed by atoms with Gasteiger partial charge in [0.05, 0.1) is 5.41 Å². The predicted molar refractivity (Wildman–Crippen MR) is 71.7 cm³/mol. The first kappa shape index (κ1) is 13.8. The van der Waals surface area contributed by atoms with E-state index < -0.39 is 11.4 Å². The minimum atomic E-state index is -0.693. The Labute approximate surface area is 110 Å². The third-order valence-electron chi connectivity index (χ3n) is 4.15. The molecule has 4 nitrogen and oxygen atoms in total. The molecule has 0 aromatic heterocycles. The zero-order valence-corrected chi connectivity index (χ0v) is 11.6. The highest BCUT2D eigenvalue weighted by molar-refractivity contribution is 5.73. The van der Waals surface area contributed by atoms with E-state index in [1.807, 2.05) is 13.8 Å². The highest BCUT2D eigenvalue weighted by Crippen LogP contribution is 2.25. The number of nitrogens with zero attached hydrogens (tertiary/aromatic N) is 1. The second-order valence-electron chi connectivity index (χ2n) is 6.49. The van der Waals surface area contributed by atoms with E-state index in [1.54, 1.807) is 0 Å². The minimum Gasteiger partial charge on any atom is -0.481 e. The molecular weight excluding hydrogens is 228 g/mol. The molecular formula is C14H26N2O2. The van der Waals surface area contributed by atoms with Gasteiger partial charge < -0.3 is 10.4 Å². The normalized spacial score (nSPS) is 26.2. The lowest BCUT2D eigenvalue weighted by molar-refractivity contribution is -0.148. The summed E-state index contributed by atoms with van der Waals surface area (Å²) in [6, 6.07) is 1.26. The quantitative estimate of drug-likeness (QED) is 0.757. The third-order valence-corrected chi connectivity index (χ3v) is 4.15. The van der Waals surface area contributed by atoms with Crippen molar-refractivity contribution in [2.24, 2.45) is 5.41 Å². The average Bonchev–Trinajstić information content (AvgIpc) is 3.11. The first-order valence-corrected chi connectivity index (χ1v) is 7.20. The lowest BCUT2D eigenvalue weighted by Gasteiger charge is -2.39. The number of carboxylic acid groups (broad SMARTS) is 1. The second-order valence-corrected chi connectivity index (χ2v) is 6.49. The molecule has 2 fully saturated rings. The van der Waals surface area contributed by atoms with Crippen LogP contribution in [0.15, 0.2) is 0 Å². The summed E-state index contributed by atoms with van der Waals surface area (Å²) in [5, 5.41) is 12.8. The van der Waals surface area contributed by atoms with Gasteiger partial charge in [-0.2, -0.15) is 0 Å². The fourth-order valence-corrected chi connectivity index (χ4v) is 2.66. The summed E-state index contributed by atoms with van der Waals surface area (Å²) in [5.74, 6) is -0.693. The van der Waals surface area contributed by atoms with E-state index in [0.717, 1.165) is 19.1 Å². The number of hydrogen-bond donors (Lipinski definition) is 2. The number of aliphatic carboxylic acids is 1. The maximum atomic E-state index is 11.2. The molecule has 1 saturated heterocycles. The Balaban J connectivity index is 1.87. The van der Waals surface area contributed by atoms with E-state index in [9.17, 15) is 9.90 Å². The fraction of sp³-hybridized carbons (Fsp3) is 0.929. The van der Waals surface area contributed by atoms with Crippen molar-refractivity contribution in [3.05, 3.63) is 0 Å². The summed E-state index contributed by atoms with van der Waals surface area (Å²) in [7, 11) is 0. The first-order chi connectivity index (χ1) is 8.49. The molecule has 1 heterocycles. The van der Waals surface area contributed by atoms with Crippen LogP contribution in [0.1, 0.15) is 46.0 Å². The number of rotatable bonds is 6. The molecule has 0 aromatic rings. The summed E-state index contributed by atoms with van der Waals surface area (Å²) < 4.78 is 0. The zero-order valence-electron chi connectivity index (χ0n) is 11.6. The topological polar surface area (TPSA) is 52.6 Å². The van der Waals surface area contributed by atoms with Crippen LogP contribution in [0.2, 0.25) is 0 Å². The molecule has 0 aromatic carbocycles. The van der Waals surface area contributed by atoms with Crippen LogP contribution in [0, 0.1) is 5.41 Å². The fourth-order valence-electron chi connectivity index (χ4n) is 2.66. The smallest absolute Gasteiger partial charge is 0.310 e. The molecule has 2 N–H and O–H groups in total. The van der Waals surface area contributed by atoms with E-state index in [1.165, 1.54) is 32.1 Å². The van der Waals surface area contributed by atoms with Crippen molar-refractivity contribution in [2.45, 2.75) is 58.0 Å². The van der Waals surface area contributed by atoms with Gasteiger partial charge in [-0.15, -0.1) is 0 Å². The zero-order chi connectivity index (χ0) is 13.2. The van der Waals surface area contributed by atoms with Crippen LogP contribution in [0.3, 0.4) is 0 Å². The molecule has 0 radical (unpaired) electrons. The lowest BCUT2D eigenvalue weighted by Crippen LogP contribution is -2.50. The molecule has 2 aliphatic rings. The Morgan fingerprint density at radius 3 is 2.67 bits per heavy atom. The predicted octanol–water partition coefficient (Wildman–Crippen LogP) is 1.70. The van der Waals surface area contributed by atoms with Crippen LogP contribution >= 0.6 is 0 Å². The van der Waals surface area contributed by atoms with Crippen LogP contribution in [0.4, 0.5) is 0 Å². The number of carboxylic acids is 1. The van der Waals surface area contributed by atoms with Crippen molar-refractivity contribution in [3.8, 4) is 0 Å². The first-order valence-electron chi connectivity index (χ1n) is 7.20. The van der Waals surface area contributed by atoms with Gasteiger partial charge in [-0.1, -0.05) is 6.42 Å². The molecule has 1 aliphatic heterocycles. The van der Waals surface area contributed by atoms with Crippen molar-refractivity contribution < 1.29 is 9.90 Å². The SMILES string of the molecule is CC(C)(CN1CCCCC1CNC1CC1)C(=O)O. The van der Waals surface area contributed by atoms with E-state index >= 15 is 0 Å². The van der Waals surface area contributed by atoms with Gasteiger partial charge in [-0.25, -0.2) is 0 Å². The summed E-state index contributed by atoms with van der Waals surface area (Å²) >= 11 is 0. The molecule has 104 valence electrons. The van der Waals surface area contributed by atoms with E-state index in [2.05, 4.69) is 10.2 Å². The van der Waals surface area contributed by atoms with Gasteiger partial charge in [0.15, 0.2) is 0 Å². The highest BCUT2D eigenvalue weighted by atomic mass is 16.4. The van der Waals surface area contributed by atoms with E-state index in [0.29, 0.717) is 12.6 Å². The van der Waals surface area contributed by atoms with Gasteiger partial charge in [-0.3, -0.25) is 9.69 Å². The van der Waals surface area contributed by atoms with Crippen LogP contribution in [0.5, 0.6) is 0 Å². The van der Waals surface area contributed by atoms with Gasteiger partial charge in [0.25, 0.3) is 0 Å². The molecule has 1 unspecified atom stereocenters. The van der Waals surface area contributed by atoms with E-state index in [-0.39, 0.29) is 0 Å². The molecule has 2 rings (SSSR count). The van der Waals surface area contributed by atoms with Crippen molar-refractivity contribution >= 4 is 5.97 Å². The second kappa shape index (κ2) is 5.57. The van der Waals surface area contributed by atoms with Gasteiger partial charge >= 0.3 is 5.97 Å². The molecule has 0 amide bonds. The molecule has 18 heavy (non-hydrogen) atoms. The summed E-state index contributed by atoms with van der Waals surface area (Å²) in [4.78, 5) is 13.6. The molecule has 4 heteroatoms. The minimum absolute atomic E-state index is 0.526. The Morgan fingerprint density at radius 1 is 1.33 bits per heavy atom. The summed E-state index contributed by atoms with van der Waals surface area (Å²) in [6.07, 6.45) is 6.31. The number of carbonyl (C=O) groups is 1. The van der Waals surface area contributed by atoms with Gasteiger partial charge in [0.1, 0.15) is 0 Å². The van der Waals surface area contributed by atoms with Gasteiger partial charge in [-0.05, 0) is 46.1 Å². The third kappa shape index (κ3) is 3.69. The number of nitrogens with one attached hydrogen (secondary N) is 1. The van der Waals surface area contributed by atoms with Gasteiger partial charge in [0, 0.05) is 25.2 Å². The van der Waals surface area contributed by atoms with Crippen LogP contribution < -0.4 is 5.32 Å². The number of hydrogen-bond acceptors (Lipinski definition) is 3. The Morgan fingerprint density at radius 2 is 2.06 bits per heavy atom. The summed E-state index contributed by atoms with van der Waals surface area (Å²) in [6.45, 7) is 6.40. The lowest BCUT2D eigenvalue weighted by atomic mass is 9.90. The van der Waals surface area contributed by atoms with Crippen LogP contribution in [-0.2, 0) is 4.79 Å². The van der Waals surface area contributed by atoms with E-state index in [4.69, 9.17) is 0 Å². The molecule has 0 bridgehead atoms. The monoisotopic (exact) mass is 254 g/mol. The Kier molecular flexibility index (Phi) is 4.28. The standard InChI is InChI=1S/C14H26N2O2/c1-14(2,13(17)18)10-16-8-4-3-5-12(16)9-15-11-6-7-11/h11-12,15H,3-10H2,1-2H3,(H,17,18). The van der Waals surface area contributed by atoms with Crippen molar-refractivity contribution in [3.63, 3.8) is 0 Å². The van der Waals surface area contributed by atoms with Crippen molar-refractivity contribution in [2.75, 3.05) is 19.6 Å². The summed E-state index contributed by atoms with van der Waals surface area (Å²) in [5.41, 5.74) is -0.644. The Hall–Kier alpha value is -0.610. The molecule has 1 atom stereocenters. The molecule has 1 saturated carbocycles. The molecule has 1 aliphatic carbocycles. The van der Waals surface area contributed by atoms with Crippen molar-refractivity contribution in [1.82, 2.24) is 10.2 Å². The number of likely N-dealkylation sites (tertiary alicyclic amines) is 1. The van der Waals surface area contributed by atoms with Crippen LogP contribution in [-0.4, -0.2) is 47.7 Å².